The molecule has 0 radical (unpaired) electrons. The van der Waals surface area contributed by atoms with Crippen LogP contribution in [0.5, 0.6) is 0 Å². The zero-order chi connectivity index (χ0) is 13.9. The lowest BCUT2D eigenvalue weighted by atomic mass is 10.2. The van der Waals surface area contributed by atoms with Crippen molar-refractivity contribution < 1.29 is 9.90 Å². The first-order valence-corrected chi connectivity index (χ1v) is 7.34. The van der Waals surface area contributed by atoms with Gasteiger partial charge < -0.3 is 10.0 Å². The average molecular weight is 275 g/mol. The van der Waals surface area contributed by atoms with E-state index in [0.29, 0.717) is 11.5 Å². The first-order valence-electron chi connectivity index (χ1n) is 7.34. The minimum atomic E-state index is -0.185. The van der Waals surface area contributed by atoms with E-state index in [0.717, 1.165) is 32.7 Å². The van der Waals surface area contributed by atoms with Crippen LogP contribution in [0, 0.1) is 5.92 Å². The quantitative estimate of drug-likeness (QED) is 0.875. The van der Waals surface area contributed by atoms with Gasteiger partial charge in [0.05, 0.1) is 11.7 Å². The van der Waals surface area contributed by atoms with E-state index < -0.39 is 0 Å². The number of hydrogen-bond acceptors (Lipinski definition) is 4. The van der Waals surface area contributed by atoms with Gasteiger partial charge in [0, 0.05) is 45.1 Å². The molecule has 1 aromatic heterocycles. The summed E-state index contributed by atoms with van der Waals surface area (Å²) in [4.78, 5) is 20.4. The molecule has 2 aliphatic rings. The maximum absolute atomic E-state index is 12.3. The van der Waals surface area contributed by atoms with Crippen LogP contribution < -0.4 is 0 Å². The largest absolute Gasteiger partial charge is 0.392 e. The van der Waals surface area contributed by atoms with Gasteiger partial charge in [-0.05, 0) is 30.9 Å². The minimum Gasteiger partial charge on any atom is -0.392 e. The molecule has 1 saturated carbocycles. The van der Waals surface area contributed by atoms with Gasteiger partial charge in [0.1, 0.15) is 0 Å². The molecule has 5 nitrogen and oxygen atoms in total. The predicted octanol–water partition coefficient (Wildman–Crippen LogP) is 0.610. The van der Waals surface area contributed by atoms with Crippen molar-refractivity contribution in [1.29, 1.82) is 0 Å². The zero-order valence-corrected chi connectivity index (χ0v) is 11.6. The molecular weight excluding hydrogens is 254 g/mol. The predicted molar refractivity (Wildman–Crippen MR) is 75.3 cm³/mol. The van der Waals surface area contributed by atoms with Gasteiger partial charge in [-0.3, -0.25) is 14.7 Å². The van der Waals surface area contributed by atoms with Crippen molar-refractivity contribution in [3.05, 3.63) is 30.1 Å². The number of β-amino-alcohol motifs (C(OH)–C–C–N with tert-alkyl or cyclic N) is 1. The molecule has 2 heterocycles. The maximum Gasteiger partial charge on any atom is 0.255 e. The highest BCUT2D eigenvalue weighted by molar-refractivity contribution is 5.93. The number of hydrogen-bond donors (Lipinski definition) is 1. The Morgan fingerprint density at radius 1 is 1.35 bits per heavy atom. The number of nitrogens with zero attached hydrogens (tertiary/aromatic N) is 3. The third kappa shape index (κ3) is 3.16. The number of aliphatic hydroxyl groups excluding tert-OH is 1. The van der Waals surface area contributed by atoms with Gasteiger partial charge in [-0.1, -0.05) is 0 Å². The van der Waals surface area contributed by atoms with E-state index in [1.165, 1.54) is 12.8 Å². The van der Waals surface area contributed by atoms with Crippen molar-refractivity contribution in [2.24, 2.45) is 5.92 Å². The first-order chi connectivity index (χ1) is 9.74. The number of pyridine rings is 1. The molecule has 1 aromatic rings. The highest BCUT2D eigenvalue weighted by Gasteiger charge is 2.32. The number of carbonyl (C=O) groups is 1. The normalized spacial score (nSPS) is 21.8. The van der Waals surface area contributed by atoms with Gasteiger partial charge in [0.2, 0.25) is 0 Å². The van der Waals surface area contributed by atoms with E-state index >= 15 is 0 Å². The Kier molecular flexibility index (Phi) is 3.98. The Morgan fingerprint density at radius 2 is 2.10 bits per heavy atom. The number of aliphatic hydroxyl groups is 1. The zero-order valence-electron chi connectivity index (χ0n) is 11.6. The molecule has 108 valence electrons. The Bertz CT molecular complexity index is 453. The molecule has 1 aliphatic heterocycles. The highest BCUT2D eigenvalue weighted by atomic mass is 16.3. The van der Waals surface area contributed by atoms with Gasteiger partial charge >= 0.3 is 0 Å². The van der Waals surface area contributed by atoms with E-state index in [2.05, 4.69) is 9.88 Å². The van der Waals surface area contributed by atoms with Gasteiger partial charge in [0.15, 0.2) is 0 Å². The molecule has 0 spiro atoms. The first kappa shape index (κ1) is 13.5. The molecule has 0 bridgehead atoms. The Balaban J connectivity index is 1.49. The van der Waals surface area contributed by atoms with Gasteiger partial charge in [-0.15, -0.1) is 0 Å². The summed E-state index contributed by atoms with van der Waals surface area (Å²) in [7, 11) is 0. The Morgan fingerprint density at radius 3 is 2.70 bits per heavy atom. The standard InChI is InChI=1S/C15H21N3O2/c19-14(12-3-4-12)11-17-6-8-18(9-7-17)15(20)13-2-1-5-16-10-13/h1-2,5,10,12,14,19H,3-4,6-9,11H2/t14-/m0/s1. The van der Waals surface area contributed by atoms with E-state index in [9.17, 15) is 9.90 Å². The summed E-state index contributed by atoms with van der Waals surface area (Å²) >= 11 is 0. The van der Waals surface area contributed by atoms with Crippen LogP contribution in [0.2, 0.25) is 0 Å². The lowest BCUT2D eigenvalue weighted by Crippen LogP contribution is -2.50. The second-order valence-corrected chi connectivity index (χ2v) is 5.74. The second kappa shape index (κ2) is 5.89. The fraction of sp³-hybridized carbons (Fsp3) is 0.600. The summed E-state index contributed by atoms with van der Waals surface area (Å²) in [5, 5.41) is 9.96. The summed E-state index contributed by atoms with van der Waals surface area (Å²) in [5.74, 6) is 0.575. The number of amides is 1. The monoisotopic (exact) mass is 275 g/mol. The summed E-state index contributed by atoms with van der Waals surface area (Å²) in [5.41, 5.74) is 0.652. The molecule has 1 amide bonds. The van der Waals surface area contributed by atoms with Crippen molar-refractivity contribution in [3.63, 3.8) is 0 Å². The third-order valence-corrected chi connectivity index (χ3v) is 4.18. The van der Waals surface area contributed by atoms with Crippen LogP contribution in [0.25, 0.3) is 0 Å². The summed E-state index contributed by atoms with van der Waals surface area (Å²) in [6, 6.07) is 3.59. The van der Waals surface area contributed by atoms with Crippen LogP contribution in [0.4, 0.5) is 0 Å². The van der Waals surface area contributed by atoms with Crippen LogP contribution >= 0.6 is 0 Å². The van der Waals surface area contributed by atoms with Crippen LogP contribution in [-0.4, -0.2) is 64.6 Å². The molecule has 5 heteroatoms. The highest BCUT2D eigenvalue weighted by Crippen LogP contribution is 2.32. The summed E-state index contributed by atoms with van der Waals surface area (Å²) < 4.78 is 0. The molecule has 1 atom stereocenters. The molecule has 2 fully saturated rings. The molecule has 1 N–H and O–H groups in total. The van der Waals surface area contributed by atoms with Crippen molar-refractivity contribution in [1.82, 2.24) is 14.8 Å². The minimum absolute atomic E-state index is 0.0560. The number of carbonyl (C=O) groups excluding carboxylic acids is 1. The maximum atomic E-state index is 12.3. The number of piperazine rings is 1. The fourth-order valence-electron chi connectivity index (χ4n) is 2.70. The smallest absolute Gasteiger partial charge is 0.255 e. The Hall–Kier alpha value is -1.46. The topological polar surface area (TPSA) is 56.7 Å². The fourth-order valence-corrected chi connectivity index (χ4v) is 2.70. The van der Waals surface area contributed by atoms with Crippen LogP contribution in [0.15, 0.2) is 24.5 Å². The number of rotatable bonds is 4. The van der Waals surface area contributed by atoms with Crippen molar-refractivity contribution in [2.75, 3.05) is 32.7 Å². The molecule has 1 aliphatic carbocycles. The van der Waals surface area contributed by atoms with E-state index in [1.807, 2.05) is 4.90 Å². The van der Waals surface area contributed by atoms with Gasteiger partial charge in [-0.2, -0.15) is 0 Å². The molecule has 3 rings (SSSR count). The van der Waals surface area contributed by atoms with Crippen LogP contribution in [0.3, 0.4) is 0 Å². The third-order valence-electron chi connectivity index (χ3n) is 4.18. The van der Waals surface area contributed by atoms with Crippen LogP contribution in [-0.2, 0) is 0 Å². The second-order valence-electron chi connectivity index (χ2n) is 5.74. The van der Waals surface area contributed by atoms with Gasteiger partial charge in [0.25, 0.3) is 5.91 Å². The summed E-state index contributed by atoms with van der Waals surface area (Å²) in [6.07, 6.45) is 5.44. The Labute approximate surface area is 119 Å². The molecule has 0 aromatic carbocycles. The average Bonchev–Trinajstić information content (AvgIpc) is 3.33. The van der Waals surface area contributed by atoms with Crippen molar-refractivity contribution in [2.45, 2.75) is 18.9 Å². The van der Waals surface area contributed by atoms with E-state index in [1.54, 1.807) is 24.5 Å². The number of aromatic nitrogens is 1. The van der Waals surface area contributed by atoms with E-state index in [-0.39, 0.29) is 12.0 Å². The molecule has 0 unspecified atom stereocenters. The molecular formula is C15H21N3O2. The lowest BCUT2D eigenvalue weighted by molar-refractivity contribution is 0.0488. The summed E-state index contributed by atoms with van der Waals surface area (Å²) in [6.45, 7) is 3.89. The lowest BCUT2D eigenvalue weighted by Gasteiger charge is -2.35. The van der Waals surface area contributed by atoms with Crippen molar-refractivity contribution >= 4 is 5.91 Å². The SMILES string of the molecule is O=C(c1cccnc1)N1CCN(C[C@H](O)C2CC2)CC1. The van der Waals surface area contributed by atoms with Gasteiger partial charge in [-0.25, -0.2) is 0 Å². The molecule has 1 saturated heterocycles. The van der Waals surface area contributed by atoms with Crippen LogP contribution in [0.1, 0.15) is 23.2 Å². The van der Waals surface area contributed by atoms with E-state index in [4.69, 9.17) is 0 Å². The van der Waals surface area contributed by atoms with Crippen molar-refractivity contribution in [3.8, 4) is 0 Å². The molecule has 20 heavy (non-hydrogen) atoms.